The lowest BCUT2D eigenvalue weighted by molar-refractivity contribution is 0.100. The lowest BCUT2D eigenvalue weighted by Crippen LogP contribution is -2.01. The Morgan fingerprint density at radius 3 is 1.88 bits per heavy atom. The molecule has 208 valence electrons. The Hall–Kier alpha value is -4.85. The Kier molecular flexibility index (Phi) is 6.76. The minimum absolute atomic E-state index is 0.00593. The van der Waals surface area contributed by atoms with Crippen molar-refractivity contribution in [2.45, 2.75) is 23.1 Å². The summed E-state index contributed by atoms with van der Waals surface area (Å²) < 4.78 is 4.21. The minimum Gasteiger partial charge on any atom is -0.309 e. The quantitative estimate of drug-likeness (QED) is 0.172. The molecule has 0 saturated heterocycles. The number of hydrogen-bond acceptors (Lipinski definition) is 6. The van der Waals surface area contributed by atoms with Gasteiger partial charge < -0.3 is 4.57 Å². The van der Waals surface area contributed by atoms with Gasteiger partial charge in [0, 0.05) is 43.6 Å². The number of ketones is 3. The highest BCUT2D eigenvalue weighted by atomic mass is 32.2. The fraction of sp³-hybridized carbons (Fsp3) is 0.0556. The highest BCUT2D eigenvalue weighted by molar-refractivity contribution is 8.01. The molecule has 0 aliphatic heterocycles. The van der Waals surface area contributed by atoms with Crippen LogP contribution in [0.2, 0.25) is 0 Å². The lowest BCUT2D eigenvalue weighted by atomic mass is 10.0. The van der Waals surface area contributed by atoms with Crippen molar-refractivity contribution in [1.82, 2.24) is 9.55 Å². The summed E-state index contributed by atoms with van der Waals surface area (Å²) in [6.45, 7) is 3.10. The molecule has 0 fully saturated rings. The Balaban J connectivity index is 1.26. The third kappa shape index (κ3) is 4.96. The second-order valence-electron chi connectivity index (χ2n) is 10.4. The van der Waals surface area contributed by atoms with Crippen LogP contribution in [-0.2, 0) is 0 Å². The van der Waals surface area contributed by atoms with Crippen LogP contribution in [0.3, 0.4) is 0 Å². The number of fused-ring (bicyclic) bond motifs is 4. The van der Waals surface area contributed by atoms with Crippen molar-refractivity contribution in [3.63, 3.8) is 0 Å². The number of thiazole rings is 1. The molecule has 2 heterocycles. The van der Waals surface area contributed by atoms with E-state index in [2.05, 4.69) is 10.6 Å². The van der Waals surface area contributed by atoms with E-state index in [1.54, 1.807) is 36.9 Å². The average molecular weight is 597 g/mol. The van der Waals surface area contributed by atoms with Gasteiger partial charge in [0.05, 0.1) is 21.3 Å². The lowest BCUT2D eigenvalue weighted by Gasteiger charge is -2.09. The predicted octanol–water partition coefficient (Wildman–Crippen LogP) is 9.18. The molecule has 43 heavy (non-hydrogen) atoms. The van der Waals surface area contributed by atoms with Crippen LogP contribution >= 0.6 is 23.1 Å². The number of para-hydroxylation sites is 1. The van der Waals surface area contributed by atoms with E-state index in [9.17, 15) is 14.4 Å². The molecule has 0 unspecified atom stereocenters. The molecule has 7 rings (SSSR count). The van der Waals surface area contributed by atoms with E-state index < -0.39 is 0 Å². The van der Waals surface area contributed by atoms with Gasteiger partial charge in [-0.2, -0.15) is 0 Å². The molecule has 0 bridgehead atoms. The van der Waals surface area contributed by atoms with Crippen molar-refractivity contribution < 1.29 is 14.4 Å². The summed E-state index contributed by atoms with van der Waals surface area (Å²) in [5.41, 5.74) is 6.11. The molecule has 0 spiro atoms. The average Bonchev–Trinajstić information content (AvgIpc) is 3.58. The number of carbonyl (C=O) groups excluding carboxylic acids is 3. The van der Waals surface area contributed by atoms with Gasteiger partial charge in [0.2, 0.25) is 0 Å². The summed E-state index contributed by atoms with van der Waals surface area (Å²) in [6.07, 6.45) is 0. The maximum atomic E-state index is 13.7. The van der Waals surface area contributed by atoms with Crippen LogP contribution in [0, 0.1) is 0 Å². The van der Waals surface area contributed by atoms with E-state index >= 15 is 0 Å². The van der Waals surface area contributed by atoms with Gasteiger partial charge in [-0.1, -0.05) is 23.9 Å². The fourth-order valence-corrected chi connectivity index (χ4v) is 7.38. The molecule has 0 saturated carbocycles. The van der Waals surface area contributed by atoms with Crippen molar-refractivity contribution in [3.05, 3.63) is 131 Å². The second-order valence-corrected chi connectivity index (χ2v) is 12.7. The van der Waals surface area contributed by atoms with Gasteiger partial charge in [0.1, 0.15) is 0 Å². The third-order valence-corrected chi connectivity index (χ3v) is 9.67. The molecular formula is C36H24N2O3S2. The molecule has 2 aromatic heterocycles. The minimum atomic E-state index is -0.0760. The molecule has 7 aromatic rings. The van der Waals surface area contributed by atoms with Gasteiger partial charge in [0.15, 0.2) is 21.7 Å². The normalized spacial score (nSPS) is 11.4. The number of hydrogen-bond donors (Lipinski definition) is 0. The van der Waals surface area contributed by atoms with Crippen LogP contribution in [-0.4, -0.2) is 26.9 Å². The Morgan fingerprint density at radius 1 is 0.651 bits per heavy atom. The van der Waals surface area contributed by atoms with E-state index in [0.717, 1.165) is 46.9 Å². The van der Waals surface area contributed by atoms with Gasteiger partial charge >= 0.3 is 0 Å². The van der Waals surface area contributed by atoms with Crippen molar-refractivity contribution in [1.29, 1.82) is 0 Å². The predicted molar refractivity (Wildman–Crippen MR) is 174 cm³/mol. The highest BCUT2D eigenvalue weighted by Gasteiger charge is 2.18. The first kappa shape index (κ1) is 27.0. The smallest absolute Gasteiger partial charge is 0.193 e. The summed E-state index contributed by atoms with van der Waals surface area (Å²) in [7, 11) is 0. The van der Waals surface area contributed by atoms with Crippen LogP contribution in [0.15, 0.2) is 118 Å². The van der Waals surface area contributed by atoms with E-state index in [4.69, 9.17) is 4.98 Å². The van der Waals surface area contributed by atoms with Crippen LogP contribution in [0.5, 0.6) is 0 Å². The van der Waals surface area contributed by atoms with Crippen molar-refractivity contribution >= 4 is 72.5 Å². The van der Waals surface area contributed by atoms with Gasteiger partial charge in [0.25, 0.3) is 0 Å². The standard InChI is InChI=1S/C36H24N2O3S2/c1-21(39)23-7-13-27(14-8-23)38-32-17-11-25(22(2)40)19-29(32)30-20-26(12-18-33(30)38)35(41)24-9-15-28(16-10-24)42-36-37-31-5-3-4-6-34(31)43-36/h3-20H,1-2H3. The Labute approximate surface area is 255 Å². The largest absolute Gasteiger partial charge is 0.309 e. The van der Waals surface area contributed by atoms with Gasteiger partial charge in [-0.05, 0) is 111 Å². The van der Waals surface area contributed by atoms with Gasteiger partial charge in [-0.25, -0.2) is 4.98 Å². The van der Waals surface area contributed by atoms with Crippen molar-refractivity contribution in [3.8, 4) is 5.69 Å². The Morgan fingerprint density at radius 2 is 1.23 bits per heavy atom. The van der Waals surface area contributed by atoms with E-state index in [0.29, 0.717) is 22.3 Å². The highest BCUT2D eigenvalue weighted by Crippen LogP contribution is 2.36. The first-order valence-electron chi connectivity index (χ1n) is 13.7. The molecule has 0 aliphatic rings. The number of benzene rings is 5. The van der Waals surface area contributed by atoms with Gasteiger partial charge in [-0.15, -0.1) is 11.3 Å². The number of Topliss-reactive ketones (excluding diaryl/α,β-unsaturated/α-hetero) is 2. The molecule has 0 aliphatic carbocycles. The summed E-state index contributed by atoms with van der Waals surface area (Å²) >= 11 is 3.24. The molecule has 0 radical (unpaired) electrons. The van der Waals surface area contributed by atoms with E-state index in [1.807, 2.05) is 103 Å². The fourth-order valence-electron chi connectivity index (χ4n) is 5.34. The van der Waals surface area contributed by atoms with E-state index in [-0.39, 0.29) is 17.3 Å². The molecule has 5 aromatic carbocycles. The van der Waals surface area contributed by atoms with Crippen LogP contribution < -0.4 is 0 Å². The third-order valence-electron chi connectivity index (χ3n) is 7.56. The van der Waals surface area contributed by atoms with Crippen LogP contribution in [0.25, 0.3) is 37.7 Å². The van der Waals surface area contributed by atoms with Crippen molar-refractivity contribution in [2.75, 3.05) is 0 Å². The molecule has 7 heteroatoms. The number of carbonyl (C=O) groups is 3. The number of rotatable bonds is 7. The van der Waals surface area contributed by atoms with Crippen molar-refractivity contribution in [2.24, 2.45) is 0 Å². The molecule has 0 N–H and O–H groups in total. The molecule has 0 atom stereocenters. The molecule has 5 nitrogen and oxygen atoms in total. The zero-order valence-corrected chi connectivity index (χ0v) is 25.0. The first-order valence-corrected chi connectivity index (χ1v) is 15.4. The second kappa shape index (κ2) is 10.8. The SMILES string of the molecule is CC(=O)c1ccc(-n2c3ccc(C(C)=O)cc3c3cc(C(=O)c4ccc(Sc5nc6ccccc6s5)cc4)ccc32)cc1. The topological polar surface area (TPSA) is 69.0 Å². The zero-order valence-electron chi connectivity index (χ0n) is 23.3. The summed E-state index contributed by atoms with van der Waals surface area (Å²) in [5, 5.41) is 1.76. The van der Waals surface area contributed by atoms with Crippen LogP contribution in [0.1, 0.15) is 50.5 Å². The number of nitrogens with zero attached hydrogens (tertiary/aromatic N) is 2. The monoisotopic (exact) mass is 596 g/mol. The molecule has 0 amide bonds. The van der Waals surface area contributed by atoms with Gasteiger partial charge in [-0.3, -0.25) is 14.4 Å². The van der Waals surface area contributed by atoms with Crippen LogP contribution in [0.4, 0.5) is 0 Å². The first-order chi connectivity index (χ1) is 20.9. The maximum Gasteiger partial charge on any atom is 0.193 e. The molecular weight excluding hydrogens is 573 g/mol. The van der Waals surface area contributed by atoms with E-state index in [1.165, 1.54) is 0 Å². The number of aromatic nitrogens is 2. The zero-order chi connectivity index (χ0) is 29.7. The maximum absolute atomic E-state index is 13.7. The summed E-state index contributed by atoms with van der Waals surface area (Å²) in [4.78, 5) is 43.5. The Bertz CT molecular complexity index is 2190. The summed E-state index contributed by atoms with van der Waals surface area (Å²) in [6, 6.07) is 34.5. The summed E-state index contributed by atoms with van der Waals surface area (Å²) in [5.74, 6) is -0.0936.